The van der Waals surface area contributed by atoms with Crippen molar-refractivity contribution in [1.82, 2.24) is 9.97 Å². The first-order valence-electron chi connectivity index (χ1n) is 5.28. The highest BCUT2D eigenvalue weighted by Crippen LogP contribution is 2.36. The summed E-state index contributed by atoms with van der Waals surface area (Å²) in [4.78, 5) is 19.3. The third kappa shape index (κ3) is 2.14. The van der Waals surface area contributed by atoms with Gasteiger partial charge in [-0.2, -0.15) is 0 Å². The van der Waals surface area contributed by atoms with Crippen molar-refractivity contribution in [3.05, 3.63) is 24.3 Å². The molecule has 1 aliphatic rings. The highest BCUT2D eigenvalue weighted by molar-refractivity contribution is 5.71. The largest absolute Gasteiger partial charge is 0.481 e. The molecule has 2 unspecified atom stereocenters. The van der Waals surface area contributed by atoms with Gasteiger partial charge >= 0.3 is 5.97 Å². The van der Waals surface area contributed by atoms with Crippen molar-refractivity contribution in [2.45, 2.75) is 31.6 Å². The Kier molecular flexibility index (Phi) is 2.94. The Morgan fingerprint density at radius 2 is 2.13 bits per heavy atom. The minimum Gasteiger partial charge on any atom is -0.481 e. The third-order valence-corrected chi connectivity index (χ3v) is 3.05. The van der Waals surface area contributed by atoms with Gasteiger partial charge in [-0.05, 0) is 12.8 Å². The van der Waals surface area contributed by atoms with E-state index in [-0.39, 0.29) is 11.8 Å². The van der Waals surface area contributed by atoms with Crippen LogP contribution in [0.5, 0.6) is 0 Å². The van der Waals surface area contributed by atoms with Gasteiger partial charge in [-0.15, -0.1) is 0 Å². The lowest BCUT2D eigenvalue weighted by Gasteiger charge is -2.27. The van der Waals surface area contributed by atoms with E-state index in [1.807, 2.05) is 0 Å². The van der Waals surface area contributed by atoms with Crippen molar-refractivity contribution >= 4 is 5.97 Å². The van der Waals surface area contributed by atoms with E-state index in [2.05, 4.69) is 9.97 Å². The van der Waals surface area contributed by atoms with Crippen molar-refractivity contribution in [3.8, 4) is 0 Å². The summed E-state index contributed by atoms with van der Waals surface area (Å²) in [5.41, 5.74) is 0.824. The second-order valence-electron chi connectivity index (χ2n) is 3.97. The minimum atomic E-state index is -0.703. The van der Waals surface area contributed by atoms with Gasteiger partial charge in [0.1, 0.15) is 0 Å². The van der Waals surface area contributed by atoms with Crippen LogP contribution in [0.3, 0.4) is 0 Å². The smallest absolute Gasteiger partial charge is 0.307 e. The molecular weight excluding hydrogens is 192 g/mol. The van der Waals surface area contributed by atoms with Gasteiger partial charge in [0.05, 0.1) is 11.6 Å². The molecule has 0 aliphatic heterocycles. The average Bonchev–Trinajstić information content (AvgIpc) is 2.30. The standard InChI is InChI=1S/C11H14N2O2/c14-11(15)9-4-2-1-3-8(9)10-7-12-5-6-13-10/h5-9H,1-4H2,(H,14,15). The summed E-state index contributed by atoms with van der Waals surface area (Å²) in [7, 11) is 0. The third-order valence-electron chi connectivity index (χ3n) is 3.05. The van der Waals surface area contributed by atoms with E-state index in [0.717, 1.165) is 31.4 Å². The second kappa shape index (κ2) is 4.38. The number of hydrogen-bond acceptors (Lipinski definition) is 3. The van der Waals surface area contributed by atoms with E-state index in [4.69, 9.17) is 5.11 Å². The zero-order valence-electron chi connectivity index (χ0n) is 8.47. The monoisotopic (exact) mass is 206 g/mol. The van der Waals surface area contributed by atoms with Gasteiger partial charge in [-0.3, -0.25) is 14.8 Å². The van der Waals surface area contributed by atoms with Crippen molar-refractivity contribution in [3.63, 3.8) is 0 Å². The van der Waals surface area contributed by atoms with Crippen LogP contribution in [0.15, 0.2) is 18.6 Å². The van der Waals surface area contributed by atoms with Crippen LogP contribution in [0.4, 0.5) is 0 Å². The molecule has 0 spiro atoms. The molecule has 2 atom stereocenters. The molecule has 80 valence electrons. The number of aliphatic carboxylic acids is 1. The molecule has 1 aliphatic carbocycles. The van der Waals surface area contributed by atoms with Crippen LogP contribution in [-0.2, 0) is 4.79 Å². The van der Waals surface area contributed by atoms with Crippen LogP contribution in [0.2, 0.25) is 0 Å². The summed E-state index contributed by atoms with van der Waals surface area (Å²) in [6.45, 7) is 0. The Hall–Kier alpha value is -1.45. The predicted molar refractivity (Wildman–Crippen MR) is 54.4 cm³/mol. The maximum atomic E-state index is 11.1. The summed E-state index contributed by atoms with van der Waals surface area (Å²) >= 11 is 0. The number of carbonyl (C=O) groups is 1. The van der Waals surface area contributed by atoms with Gasteiger partial charge in [0.15, 0.2) is 0 Å². The van der Waals surface area contributed by atoms with Crippen LogP contribution in [0, 0.1) is 5.92 Å². The summed E-state index contributed by atoms with van der Waals surface area (Å²) < 4.78 is 0. The minimum absolute atomic E-state index is 0.0462. The highest BCUT2D eigenvalue weighted by atomic mass is 16.4. The summed E-state index contributed by atoms with van der Waals surface area (Å²) in [5.74, 6) is -0.939. The van der Waals surface area contributed by atoms with Gasteiger partial charge in [0.2, 0.25) is 0 Å². The molecule has 0 aromatic carbocycles. The first-order chi connectivity index (χ1) is 7.29. The number of carboxylic acid groups (broad SMARTS) is 1. The van der Waals surface area contributed by atoms with Crippen molar-refractivity contribution < 1.29 is 9.90 Å². The van der Waals surface area contributed by atoms with Crippen molar-refractivity contribution in [2.24, 2.45) is 5.92 Å². The molecule has 1 aromatic heterocycles. The van der Waals surface area contributed by atoms with E-state index in [0.29, 0.717) is 0 Å². The first-order valence-corrected chi connectivity index (χ1v) is 5.28. The van der Waals surface area contributed by atoms with E-state index in [1.165, 1.54) is 0 Å². The van der Waals surface area contributed by atoms with Crippen LogP contribution in [-0.4, -0.2) is 21.0 Å². The maximum Gasteiger partial charge on any atom is 0.307 e. The molecule has 1 heterocycles. The molecule has 1 saturated carbocycles. The molecule has 0 radical (unpaired) electrons. The first kappa shape index (κ1) is 10.1. The molecule has 0 bridgehead atoms. The molecule has 2 rings (SSSR count). The van der Waals surface area contributed by atoms with Crippen LogP contribution in [0.25, 0.3) is 0 Å². The average molecular weight is 206 g/mol. The Morgan fingerprint density at radius 1 is 1.33 bits per heavy atom. The highest BCUT2D eigenvalue weighted by Gasteiger charge is 2.32. The fourth-order valence-corrected chi connectivity index (χ4v) is 2.28. The van der Waals surface area contributed by atoms with Crippen molar-refractivity contribution in [2.75, 3.05) is 0 Å². The van der Waals surface area contributed by atoms with E-state index < -0.39 is 5.97 Å². The van der Waals surface area contributed by atoms with Crippen LogP contribution < -0.4 is 0 Å². The van der Waals surface area contributed by atoms with Gasteiger partial charge in [-0.25, -0.2) is 0 Å². The van der Waals surface area contributed by atoms with Gasteiger partial charge in [0.25, 0.3) is 0 Å². The van der Waals surface area contributed by atoms with Gasteiger partial charge in [0, 0.05) is 24.5 Å². The van der Waals surface area contributed by atoms with Gasteiger partial charge < -0.3 is 5.11 Å². The lowest BCUT2D eigenvalue weighted by Crippen LogP contribution is -2.26. The second-order valence-corrected chi connectivity index (χ2v) is 3.97. The Balaban J connectivity index is 2.22. The Morgan fingerprint density at radius 3 is 2.80 bits per heavy atom. The molecule has 15 heavy (non-hydrogen) atoms. The molecule has 1 aromatic rings. The quantitative estimate of drug-likeness (QED) is 0.801. The number of rotatable bonds is 2. The summed E-state index contributed by atoms with van der Waals surface area (Å²) in [6, 6.07) is 0. The molecule has 4 heteroatoms. The lowest BCUT2D eigenvalue weighted by molar-refractivity contribution is -0.143. The zero-order valence-corrected chi connectivity index (χ0v) is 8.47. The van der Waals surface area contributed by atoms with Crippen molar-refractivity contribution in [1.29, 1.82) is 0 Å². The molecule has 1 N–H and O–H groups in total. The molecule has 4 nitrogen and oxygen atoms in total. The molecule has 0 saturated heterocycles. The van der Waals surface area contributed by atoms with E-state index >= 15 is 0 Å². The predicted octanol–water partition coefficient (Wildman–Crippen LogP) is 1.83. The van der Waals surface area contributed by atoms with Gasteiger partial charge in [-0.1, -0.05) is 12.8 Å². The number of hydrogen-bond donors (Lipinski definition) is 1. The van der Waals surface area contributed by atoms with E-state index in [1.54, 1.807) is 18.6 Å². The normalized spacial score (nSPS) is 26.1. The molecule has 0 amide bonds. The fourth-order valence-electron chi connectivity index (χ4n) is 2.28. The van der Waals surface area contributed by atoms with Crippen LogP contribution in [0.1, 0.15) is 37.3 Å². The maximum absolute atomic E-state index is 11.1. The molecule has 1 fully saturated rings. The number of nitrogens with zero attached hydrogens (tertiary/aromatic N) is 2. The Bertz CT molecular complexity index is 340. The topological polar surface area (TPSA) is 63.1 Å². The zero-order chi connectivity index (χ0) is 10.7. The number of aromatic nitrogens is 2. The lowest BCUT2D eigenvalue weighted by atomic mass is 9.77. The van der Waals surface area contributed by atoms with Crippen LogP contribution >= 0.6 is 0 Å². The summed E-state index contributed by atoms with van der Waals surface area (Å²) in [6.07, 6.45) is 8.70. The van der Waals surface area contributed by atoms with E-state index in [9.17, 15) is 4.79 Å². The summed E-state index contributed by atoms with van der Waals surface area (Å²) in [5, 5.41) is 9.12. The number of carboxylic acids is 1. The SMILES string of the molecule is O=C(O)C1CCCCC1c1cnccn1. The fraction of sp³-hybridized carbons (Fsp3) is 0.545. The molecular formula is C11H14N2O2. The Labute approximate surface area is 88.4 Å².